The van der Waals surface area contributed by atoms with Crippen LogP contribution in [0.2, 0.25) is 0 Å². The fourth-order valence-electron chi connectivity index (χ4n) is 2.42. The van der Waals surface area contributed by atoms with Crippen molar-refractivity contribution in [2.75, 3.05) is 0 Å². The molecule has 1 atom stereocenters. The third-order valence-corrected chi connectivity index (χ3v) is 3.48. The molecule has 18 heavy (non-hydrogen) atoms. The Labute approximate surface area is 104 Å². The van der Waals surface area contributed by atoms with Crippen LogP contribution < -0.4 is 5.73 Å². The van der Waals surface area contributed by atoms with Gasteiger partial charge < -0.3 is 10.6 Å². The highest BCUT2D eigenvalue weighted by Gasteiger charge is 2.44. The normalized spacial score (nSPS) is 23.4. The molecule has 2 aliphatic rings. The second-order valence-electron chi connectivity index (χ2n) is 4.86. The zero-order valence-electron chi connectivity index (χ0n) is 10.1. The first-order chi connectivity index (χ1) is 8.58. The SMILES string of the molecule is Cc1ccc(F)cc1C1C(N)=NC(=O)N1C1CC1. The molecule has 1 aliphatic heterocycles. The van der Waals surface area contributed by atoms with Crippen molar-refractivity contribution in [1.82, 2.24) is 4.90 Å². The van der Waals surface area contributed by atoms with Gasteiger partial charge >= 0.3 is 6.03 Å². The van der Waals surface area contributed by atoms with Gasteiger partial charge in [-0.15, -0.1) is 0 Å². The number of hydrogen-bond acceptors (Lipinski definition) is 2. The van der Waals surface area contributed by atoms with Gasteiger partial charge in [-0.05, 0) is 43.0 Å². The van der Waals surface area contributed by atoms with Crippen molar-refractivity contribution in [3.8, 4) is 0 Å². The maximum atomic E-state index is 13.4. The Morgan fingerprint density at radius 3 is 2.83 bits per heavy atom. The Balaban J connectivity index is 2.05. The molecular weight excluding hydrogens is 233 g/mol. The number of rotatable bonds is 2. The average molecular weight is 247 g/mol. The molecule has 0 radical (unpaired) electrons. The topological polar surface area (TPSA) is 58.7 Å². The molecule has 94 valence electrons. The summed E-state index contributed by atoms with van der Waals surface area (Å²) in [6.45, 7) is 1.88. The lowest BCUT2D eigenvalue weighted by molar-refractivity contribution is 0.203. The van der Waals surface area contributed by atoms with E-state index in [4.69, 9.17) is 5.73 Å². The van der Waals surface area contributed by atoms with Crippen molar-refractivity contribution < 1.29 is 9.18 Å². The second-order valence-corrected chi connectivity index (χ2v) is 4.86. The van der Waals surface area contributed by atoms with Gasteiger partial charge in [-0.2, -0.15) is 4.99 Å². The molecule has 3 rings (SSSR count). The zero-order valence-corrected chi connectivity index (χ0v) is 10.1. The number of aryl methyl sites for hydroxylation is 1. The van der Waals surface area contributed by atoms with Crippen molar-refractivity contribution in [2.24, 2.45) is 10.7 Å². The van der Waals surface area contributed by atoms with Gasteiger partial charge in [0.1, 0.15) is 17.7 Å². The first kappa shape index (κ1) is 11.2. The van der Waals surface area contributed by atoms with Crippen LogP contribution in [-0.2, 0) is 0 Å². The molecule has 1 aromatic carbocycles. The fraction of sp³-hybridized carbons (Fsp3) is 0.385. The standard InChI is InChI=1S/C13H14FN3O/c1-7-2-3-8(14)6-10(7)11-12(15)16-13(18)17(11)9-4-5-9/h2-3,6,9,11H,4-5H2,1H3,(H2,15,16,18). The van der Waals surface area contributed by atoms with Gasteiger partial charge in [0.2, 0.25) is 0 Å². The highest BCUT2D eigenvalue weighted by atomic mass is 19.1. The molecule has 1 heterocycles. The minimum atomic E-state index is -0.402. The van der Waals surface area contributed by atoms with Gasteiger partial charge in [-0.1, -0.05) is 6.07 Å². The van der Waals surface area contributed by atoms with Crippen molar-refractivity contribution in [2.45, 2.75) is 31.8 Å². The third kappa shape index (κ3) is 1.66. The van der Waals surface area contributed by atoms with Crippen LogP contribution in [0.3, 0.4) is 0 Å². The molecule has 0 saturated heterocycles. The quantitative estimate of drug-likeness (QED) is 0.870. The molecule has 0 aromatic heterocycles. The smallest absolute Gasteiger partial charge is 0.346 e. The highest BCUT2D eigenvalue weighted by molar-refractivity contribution is 6.03. The van der Waals surface area contributed by atoms with Crippen LogP contribution in [-0.4, -0.2) is 22.8 Å². The van der Waals surface area contributed by atoms with E-state index < -0.39 is 6.04 Å². The van der Waals surface area contributed by atoms with Gasteiger partial charge in [0, 0.05) is 6.04 Å². The summed E-state index contributed by atoms with van der Waals surface area (Å²) in [5.41, 5.74) is 7.49. The van der Waals surface area contributed by atoms with Crippen LogP contribution in [0.25, 0.3) is 0 Å². The lowest BCUT2D eigenvalue weighted by Gasteiger charge is -2.25. The number of urea groups is 1. The van der Waals surface area contributed by atoms with Gasteiger partial charge in [-0.3, -0.25) is 0 Å². The summed E-state index contributed by atoms with van der Waals surface area (Å²) in [6, 6.07) is 4.05. The van der Waals surface area contributed by atoms with E-state index in [1.54, 1.807) is 11.0 Å². The Bertz CT molecular complexity index is 551. The summed E-state index contributed by atoms with van der Waals surface area (Å²) < 4.78 is 13.4. The third-order valence-electron chi connectivity index (χ3n) is 3.48. The fourth-order valence-corrected chi connectivity index (χ4v) is 2.42. The summed E-state index contributed by atoms with van der Waals surface area (Å²) in [6.07, 6.45) is 1.94. The number of carbonyl (C=O) groups excluding carboxylic acids is 1. The summed E-state index contributed by atoms with van der Waals surface area (Å²) in [4.78, 5) is 17.3. The highest BCUT2D eigenvalue weighted by Crippen LogP contribution is 2.39. The molecule has 0 bridgehead atoms. The zero-order chi connectivity index (χ0) is 12.9. The Morgan fingerprint density at radius 1 is 1.44 bits per heavy atom. The molecule has 0 spiro atoms. The van der Waals surface area contributed by atoms with Crippen molar-refractivity contribution in [3.63, 3.8) is 0 Å². The van der Waals surface area contributed by atoms with Crippen LogP contribution in [0, 0.1) is 12.7 Å². The number of amidine groups is 1. The first-order valence-corrected chi connectivity index (χ1v) is 6.00. The largest absolute Gasteiger partial charge is 0.385 e. The van der Waals surface area contributed by atoms with Gasteiger partial charge in [0.25, 0.3) is 0 Å². The Kier molecular flexibility index (Phi) is 2.36. The lowest BCUT2D eigenvalue weighted by atomic mass is 9.99. The average Bonchev–Trinajstić information content (AvgIpc) is 3.09. The number of halogens is 1. The molecule has 1 unspecified atom stereocenters. The van der Waals surface area contributed by atoms with E-state index in [0.29, 0.717) is 0 Å². The van der Waals surface area contributed by atoms with E-state index in [-0.39, 0.29) is 23.7 Å². The predicted molar refractivity (Wildman–Crippen MR) is 65.8 cm³/mol. The number of nitrogens with zero attached hydrogens (tertiary/aromatic N) is 2. The number of amides is 2. The maximum absolute atomic E-state index is 13.4. The van der Waals surface area contributed by atoms with Gasteiger partial charge in [-0.25, -0.2) is 9.18 Å². The molecule has 5 heteroatoms. The minimum Gasteiger partial charge on any atom is -0.385 e. The number of benzene rings is 1. The van der Waals surface area contributed by atoms with Crippen LogP contribution in [0.4, 0.5) is 9.18 Å². The summed E-state index contributed by atoms with van der Waals surface area (Å²) in [7, 11) is 0. The van der Waals surface area contributed by atoms with E-state index >= 15 is 0 Å². The molecule has 4 nitrogen and oxygen atoms in total. The predicted octanol–water partition coefficient (Wildman–Crippen LogP) is 2.13. The molecule has 1 fully saturated rings. The second kappa shape index (κ2) is 3.80. The number of hydrogen-bond donors (Lipinski definition) is 1. The van der Waals surface area contributed by atoms with E-state index in [2.05, 4.69) is 4.99 Å². The monoisotopic (exact) mass is 247 g/mol. The van der Waals surface area contributed by atoms with E-state index in [0.717, 1.165) is 24.0 Å². The Morgan fingerprint density at radius 2 is 2.17 bits per heavy atom. The van der Waals surface area contributed by atoms with E-state index in [1.807, 2.05) is 6.92 Å². The molecule has 1 aliphatic carbocycles. The van der Waals surface area contributed by atoms with Crippen LogP contribution in [0.1, 0.15) is 30.0 Å². The number of aliphatic imine (C=N–C) groups is 1. The summed E-state index contributed by atoms with van der Waals surface area (Å²) in [5.74, 6) is -0.0564. The van der Waals surface area contributed by atoms with Crippen molar-refractivity contribution in [3.05, 3.63) is 35.1 Å². The minimum absolute atomic E-state index is 0.204. The number of nitrogens with two attached hydrogens (primary N) is 1. The molecule has 1 aromatic rings. The maximum Gasteiger partial charge on any atom is 0.346 e. The Hall–Kier alpha value is -1.91. The molecule has 1 saturated carbocycles. The van der Waals surface area contributed by atoms with Gasteiger partial charge in [0.15, 0.2) is 0 Å². The number of carbonyl (C=O) groups is 1. The van der Waals surface area contributed by atoms with Crippen molar-refractivity contribution >= 4 is 11.9 Å². The van der Waals surface area contributed by atoms with Crippen LogP contribution >= 0.6 is 0 Å². The first-order valence-electron chi connectivity index (χ1n) is 6.00. The molecular formula is C13H14FN3O. The summed E-state index contributed by atoms with van der Waals surface area (Å²) >= 11 is 0. The van der Waals surface area contributed by atoms with E-state index in [1.165, 1.54) is 12.1 Å². The summed E-state index contributed by atoms with van der Waals surface area (Å²) in [5, 5.41) is 0. The molecule has 2 amide bonds. The molecule has 2 N–H and O–H groups in total. The van der Waals surface area contributed by atoms with Crippen LogP contribution in [0.15, 0.2) is 23.2 Å². The lowest BCUT2D eigenvalue weighted by Crippen LogP contribution is -2.35. The van der Waals surface area contributed by atoms with E-state index in [9.17, 15) is 9.18 Å². The van der Waals surface area contributed by atoms with Crippen LogP contribution in [0.5, 0.6) is 0 Å². The van der Waals surface area contributed by atoms with Gasteiger partial charge in [0.05, 0.1) is 0 Å². The van der Waals surface area contributed by atoms with Crippen molar-refractivity contribution in [1.29, 1.82) is 0 Å².